The fourth-order valence-corrected chi connectivity index (χ4v) is 5.79. The lowest BCUT2D eigenvalue weighted by Crippen LogP contribution is -2.14. The van der Waals surface area contributed by atoms with Gasteiger partial charge < -0.3 is 0 Å². The summed E-state index contributed by atoms with van der Waals surface area (Å²) in [4.78, 5) is 0. The first-order valence-electron chi connectivity index (χ1n) is 14.3. The van der Waals surface area contributed by atoms with Crippen LogP contribution in [-0.2, 0) is 6.42 Å². The molecule has 0 saturated heterocycles. The molecule has 0 amide bonds. The van der Waals surface area contributed by atoms with Crippen molar-refractivity contribution in [3.05, 3.63) is 34.9 Å². The van der Waals surface area contributed by atoms with Crippen LogP contribution in [-0.4, -0.2) is 0 Å². The molecule has 0 spiro atoms. The maximum absolute atomic E-state index is 2.51. The van der Waals surface area contributed by atoms with E-state index in [2.05, 4.69) is 39.0 Å². The van der Waals surface area contributed by atoms with Gasteiger partial charge in [0, 0.05) is 0 Å². The Morgan fingerprint density at radius 1 is 0.645 bits per heavy atom. The van der Waals surface area contributed by atoms with Gasteiger partial charge in [0.2, 0.25) is 0 Å². The van der Waals surface area contributed by atoms with E-state index in [0.717, 1.165) is 11.8 Å². The van der Waals surface area contributed by atoms with Gasteiger partial charge in [0.25, 0.3) is 0 Å². The molecule has 1 aliphatic rings. The van der Waals surface area contributed by atoms with Gasteiger partial charge in [-0.15, -0.1) is 0 Å². The van der Waals surface area contributed by atoms with Crippen LogP contribution in [0.5, 0.6) is 0 Å². The van der Waals surface area contributed by atoms with Crippen LogP contribution >= 0.6 is 0 Å². The maximum Gasteiger partial charge on any atom is -0.0159 e. The van der Waals surface area contributed by atoms with Crippen LogP contribution in [0, 0.1) is 12.8 Å². The zero-order valence-electron chi connectivity index (χ0n) is 21.5. The average molecular weight is 427 g/mol. The normalized spacial score (nSPS) is 19.1. The fourth-order valence-electron chi connectivity index (χ4n) is 5.79. The van der Waals surface area contributed by atoms with Gasteiger partial charge in [0.15, 0.2) is 0 Å². The second-order valence-electron chi connectivity index (χ2n) is 10.7. The quantitative estimate of drug-likeness (QED) is 0.217. The van der Waals surface area contributed by atoms with Gasteiger partial charge in [-0.05, 0) is 74.0 Å². The van der Waals surface area contributed by atoms with Gasteiger partial charge >= 0.3 is 0 Å². The van der Waals surface area contributed by atoms with Crippen molar-refractivity contribution in [1.29, 1.82) is 0 Å². The average Bonchev–Trinajstić information content (AvgIpc) is 2.78. The fraction of sp³-hybridized carbons (Fsp3) is 0.806. The zero-order chi connectivity index (χ0) is 22.2. The van der Waals surface area contributed by atoms with Crippen LogP contribution in [0.2, 0.25) is 0 Å². The van der Waals surface area contributed by atoms with Crippen molar-refractivity contribution in [2.75, 3.05) is 0 Å². The molecular formula is C31H54. The molecule has 0 aromatic heterocycles. The van der Waals surface area contributed by atoms with Crippen molar-refractivity contribution >= 4 is 0 Å². The van der Waals surface area contributed by atoms with E-state index >= 15 is 0 Å². The van der Waals surface area contributed by atoms with Gasteiger partial charge in [-0.3, -0.25) is 0 Å². The Hall–Kier alpha value is -0.780. The third-order valence-electron chi connectivity index (χ3n) is 7.91. The van der Waals surface area contributed by atoms with Gasteiger partial charge in [-0.25, -0.2) is 0 Å². The second-order valence-corrected chi connectivity index (χ2v) is 10.7. The van der Waals surface area contributed by atoms with Crippen molar-refractivity contribution in [2.24, 2.45) is 5.92 Å². The maximum atomic E-state index is 2.51. The van der Waals surface area contributed by atoms with E-state index in [-0.39, 0.29) is 0 Å². The molecule has 178 valence electrons. The van der Waals surface area contributed by atoms with Crippen molar-refractivity contribution < 1.29 is 0 Å². The van der Waals surface area contributed by atoms with Crippen LogP contribution in [0.4, 0.5) is 0 Å². The lowest BCUT2D eigenvalue weighted by atomic mass is 9.76. The van der Waals surface area contributed by atoms with Gasteiger partial charge in [-0.1, -0.05) is 122 Å². The first-order chi connectivity index (χ1) is 15.2. The summed E-state index contributed by atoms with van der Waals surface area (Å²) in [5, 5.41) is 0. The number of hydrogen-bond donors (Lipinski definition) is 0. The molecule has 0 heteroatoms. The predicted octanol–water partition coefficient (Wildman–Crippen LogP) is 10.7. The van der Waals surface area contributed by atoms with E-state index in [4.69, 9.17) is 0 Å². The summed E-state index contributed by atoms with van der Waals surface area (Å²) in [5.41, 5.74) is 4.80. The SMILES string of the molecule is CCCCCCCCCc1ccc([C@H]2CC[C@H](CCCCCCCCC)CC2)c(C)c1. The first kappa shape index (κ1) is 26.5. The molecular weight excluding hydrogens is 372 g/mol. The van der Waals surface area contributed by atoms with Crippen molar-refractivity contribution in [3.8, 4) is 0 Å². The number of rotatable bonds is 17. The van der Waals surface area contributed by atoms with Crippen LogP contribution in [0.25, 0.3) is 0 Å². The lowest BCUT2D eigenvalue weighted by molar-refractivity contribution is 0.301. The molecule has 0 heterocycles. The number of aryl methyl sites for hydroxylation is 2. The van der Waals surface area contributed by atoms with Crippen LogP contribution in [0.15, 0.2) is 18.2 Å². The Morgan fingerprint density at radius 3 is 1.77 bits per heavy atom. The van der Waals surface area contributed by atoms with E-state index in [1.54, 1.807) is 16.7 Å². The zero-order valence-corrected chi connectivity index (χ0v) is 21.5. The molecule has 1 saturated carbocycles. The standard InChI is InChI=1S/C31H54/c1-4-6-8-10-12-14-16-18-28-20-23-30(24-21-28)31-25-22-29(26-27(31)3)19-17-15-13-11-9-7-5-2/h22,25-26,28,30H,4-21,23-24H2,1-3H3/t28-,30-. The van der Waals surface area contributed by atoms with E-state index in [1.807, 2.05) is 0 Å². The molecule has 0 radical (unpaired) electrons. The highest BCUT2D eigenvalue weighted by molar-refractivity contribution is 5.34. The van der Waals surface area contributed by atoms with E-state index in [9.17, 15) is 0 Å². The summed E-state index contributed by atoms with van der Waals surface area (Å²) in [7, 11) is 0. The summed E-state index contributed by atoms with van der Waals surface area (Å²) in [6, 6.07) is 7.45. The summed E-state index contributed by atoms with van der Waals surface area (Å²) in [5.74, 6) is 1.85. The molecule has 1 aromatic carbocycles. The molecule has 2 rings (SSSR count). The first-order valence-corrected chi connectivity index (χ1v) is 14.3. The third kappa shape index (κ3) is 11.1. The Kier molecular flexibility index (Phi) is 14.3. The molecule has 0 atom stereocenters. The minimum atomic E-state index is 0.831. The van der Waals surface area contributed by atoms with Gasteiger partial charge in [0.05, 0.1) is 0 Å². The van der Waals surface area contributed by atoms with E-state index < -0.39 is 0 Å². The number of hydrogen-bond acceptors (Lipinski definition) is 0. The summed E-state index contributed by atoms with van der Waals surface area (Å²) < 4.78 is 0. The monoisotopic (exact) mass is 426 g/mol. The second kappa shape index (κ2) is 16.8. The molecule has 1 aromatic rings. The van der Waals surface area contributed by atoms with Crippen molar-refractivity contribution in [2.45, 2.75) is 155 Å². The minimum Gasteiger partial charge on any atom is -0.0654 e. The summed E-state index contributed by atoms with van der Waals surface area (Å²) >= 11 is 0. The van der Waals surface area contributed by atoms with Crippen molar-refractivity contribution in [1.82, 2.24) is 0 Å². The molecule has 0 aliphatic heterocycles. The van der Waals surface area contributed by atoms with E-state index in [0.29, 0.717) is 0 Å². The van der Waals surface area contributed by atoms with Crippen molar-refractivity contribution in [3.63, 3.8) is 0 Å². The smallest absolute Gasteiger partial charge is 0.0159 e. The van der Waals surface area contributed by atoms with Crippen LogP contribution in [0.1, 0.15) is 158 Å². The van der Waals surface area contributed by atoms with Crippen LogP contribution < -0.4 is 0 Å². The highest BCUT2D eigenvalue weighted by Crippen LogP contribution is 2.39. The van der Waals surface area contributed by atoms with Crippen LogP contribution in [0.3, 0.4) is 0 Å². The largest absolute Gasteiger partial charge is 0.0654 e. The predicted molar refractivity (Wildman–Crippen MR) is 140 cm³/mol. The third-order valence-corrected chi connectivity index (χ3v) is 7.91. The molecule has 1 fully saturated rings. The molecule has 0 N–H and O–H groups in total. The van der Waals surface area contributed by atoms with Gasteiger partial charge in [0.1, 0.15) is 0 Å². The van der Waals surface area contributed by atoms with Gasteiger partial charge in [-0.2, -0.15) is 0 Å². The summed E-state index contributed by atoms with van der Waals surface area (Å²) in [6.07, 6.45) is 28.6. The Bertz CT molecular complexity index is 549. The number of benzene rings is 1. The Morgan fingerprint density at radius 2 is 1.19 bits per heavy atom. The molecule has 31 heavy (non-hydrogen) atoms. The minimum absolute atomic E-state index is 0.831. The molecule has 0 bridgehead atoms. The highest BCUT2D eigenvalue weighted by atomic mass is 14.3. The van der Waals surface area contributed by atoms with E-state index in [1.165, 1.54) is 128 Å². The molecule has 1 aliphatic carbocycles. The number of unbranched alkanes of at least 4 members (excludes halogenated alkanes) is 12. The molecule has 0 unspecified atom stereocenters. The highest BCUT2D eigenvalue weighted by Gasteiger charge is 2.23. The molecule has 0 nitrogen and oxygen atoms in total. The topological polar surface area (TPSA) is 0 Å². The Balaban J connectivity index is 1.61. The lowest BCUT2D eigenvalue weighted by Gasteiger charge is -2.30. The summed E-state index contributed by atoms with van der Waals surface area (Å²) in [6.45, 7) is 6.98. The Labute approximate surface area is 196 Å².